The molecule has 2 aliphatic rings. The maximum Gasteiger partial charge on any atom is 0.161 e. The number of thioether (sulfide) groups is 1. The number of pyridine rings is 1. The monoisotopic (exact) mass is 411 g/mol. The second-order valence-electron chi connectivity index (χ2n) is 7.36. The lowest BCUT2D eigenvalue weighted by Gasteiger charge is -2.33. The summed E-state index contributed by atoms with van der Waals surface area (Å²) in [6.45, 7) is 9.65. The van der Waals surface area contributed by atoms with Gasteiger partial charge in [0.05, 0.1) is 24.9 Å². The zero-order valence-electron chi connectivity index (χ0n) is 17.6. The number of aromatic nitrogens is 1. The van der Waals surface area contributed by atoms with Crippen LogP contribution in [-0.2, 0) is 0 Å². The number of aryl methyl sites for hydroxylation is 1. The van der Waals surface area contributed by atoms with Crippen molar-refractivity contribution in [1.82, 2.24) is 9.88 Å². The number of hydrogen-bond donors (Lipinski definition) is 0. The van der Waals surface area contributed by atoms with E-state index in [1.165, 1.54) is 11.1 Å². The van der Waals surface area contributed by atoms with Crippen molar-refractivity contribution in [3.63, 3.8) is 0 Å². The van der Waals surface area contributed by atoms with E-state index in [4.69, 9.17) is 14.5 Å². The van der Waals surface area contributed by atoms with Crippen LogP contribution in [0, 0.1) is 6.92 Å². The first-order chi connectivity index (χ1) is 14.2. The lowest BCUT2D eigenvalue weighted by atomic mass is 9.91. The number of ether oxygens (including phenoxy) is 2. The maximum atomic E-state index is 5.95. The molecule has 3 heterocycles. The van der Waals surface area contributed by atoms with Gasteiger partial charge in [-0.3, -0.25) is 9.98 Å². The fourth-order valence-electron chi connectivity index (χ4n) is 4.22. The summed E-state index contributed by atoms with van der Waals surface area (Å²) in [5.41, 5.74) is 3.46. The van der Waals surface area contributed by atoms with Gasteiger partial charge in [0.2, 0.25) is 0 Å². The Hall–Kier alpha value is -2.21. The number of nitrogens with zero attached hydrogens (tertiary/aromatic N) is 3. The molecular weight excluding hydrogens is 382 g/mol. The summed E-state index contributed by atoms with van der Waals surface area (Å²) in [5, 5.41) is 1.14. The average molecular weight is 412 g/mol. The molecule has 0 N–H and O–H groups in total. The van der Waals surface area contributed by atoms with Crippen LogP contribution < -0.4 is 9.47 Å². The maximum absolute atomic E-state index is 5.95. The first kappa shape index (κ1) is 20.1. The molecular formula is C23H29N3O2S. The van der Waals surface area contributed by atoms with Crippen LogP contribution in [0.25, 0.3) is 0 Å². The molecule has 0 aliphatic carbocycles. The predicted molar refractivity (Wildman–Crippen MR) is 119 cm³/mol. The van der Waals surface area contributed by atoms with Crippen LogP contribution in [0.1, 0.15) is 56.1 Å². The molecule has 1 fully saturated rings. The molecule has 0 spiro atoms. The summed E-state index contributed by atoms with van der Waals surface area (Å²) < 4.78 is 11.8. The smallest absolute Gasteiger partial charge is 0.161 e. The summed E-state index contributed by atoms with van der Waals surface area (Å²) in [4.78, 5) is 12.3. The first-order valence-electron chi connectivity index (χ1n) is 10.5. The molecule has 0 saturated carbocycles. The molecule has 2 aromatic rings. The molecule has 1 aromatic heterocycles. The molecule has 2 aliphatic heterocycles. The second-order valence-corrected chi connectivity index (χ2v) is 8.35. The Bertz CT molecular complexity index is 887. The molecule has 0 unspecified atom stereocenters. The minimum atomic E-state index is -0.0147. The minimum Gasteiger partial charge on any atom is -0.490 e. The third kappa shape index (κ3) is 3.70. The fourth-order valence-corrected chi connectivity index (χ4v) is 5.56. The van der Waals surface area contributed by atoms with Gasteiger partial charge in [0.15, 0.2) is 16.7 Å². The van der Waals surface area contributed by atoms with E-state index in [-0.39, 0.29) is 12.1 Å². The van der Waals surface area contributed by atoms with Gasteiger partial charge < -0.3 is 14.4 Å². The van der Waals surface area contributed by atoms with Crippen molar-refractivity contribution in [3.05, 3.63) is 53.3 Å². The largest absolute Gasteiger partial charge is 0.490 e. The van der Waals surface area contributed by atoms with Gasteiger partial charge in [0, 0.05) is 18.0 Å². The quantitative estimate of drug-likeness (QED) is 0.629. The fraction of sp³-hybridized carbons (Fsp3) is 0.478. The molecule has 0 bridgehead atoms. The highest BCUT2D eigenvalue weighted by atomic mass is 32.2. The summed E-state index contributed by atoms with van der Waals surface area (Å²) in [7, 11) is 0. The molecule has 1 aromatic carbocycles. The molecule has 4 rings (SSSR count). The Labute approximate surface area is 177 Å². The summed E-state index contributed by atoms with van der Waals surface area (Å²) in [6, 6.07) is 11.0. The molecule has 1 saturated heterocycles. The Morgan fingerprint density at radius 1 is 1.10 bits per heavy atom. The van der Waals surface area contributed by atoms with Crippen LogP contribution in [0.15, 0.2) is 41.5 Å². The van der Waals surface area contributed by atoms with Crippen LogP contribution in [0.2, 0.25) is 0 Å². The van der Waals surface area contributed by atoms with Crippen LogP contribution in [0.3, 0.4) is 0 Å². The highest BCUT2D eigenvalue weighted by Gasteiger charge is 2.46. The van der Waals surface area contributed by atoms with Gasteiger partial charge >= 0.3 is 0 Å². The Balaban J connectivity index is 1.82. The molecule has 154 valence electrons. The van der Waals surface area contributed by atoms with Gasteiger partial charge in [-0.15, -0.1) is 0 Å². The van der Waals surface area contributed by atoms with E-state index in [1.54, 1.807) is 0 Å². The van der Waals surface area contributed by atoms with Crippen molar-refractivity contribution in [1.29, 1.82) is 0 Å². The minimum absolute atomic E-state index is 0.0147. The third-order valence-corrected chi connectivity index (χ3v) is 6.71. The lowest BCUT2D eigenvalue weighted by molar-refractivity contribution is 0.251. The van der Waals surface area contributed by atoms with Gasteiger partial charge in [-0.1, -0.05) is 24.8 Å². The highest BCUT2D eigenvalue weighted by molar-refractivity contribution is 8.14. The topological polar surface area (TPSA) is 47.0 Å². The van der Waals surface area contributed by atoms with Crippen molar-refractivity contribution in [2.75, 3.05) is 19.0 Å². The summed E-state index contributed by atoms with van der Waals surface area (Å²) >= 11 is 1.87. The van der Waals surface area contributed by atoms with E-state index >= 15 is 0 Å². The van der Waals surface area contributed by atoms with Crippen molar-refractivity contribution in [2.45, 2.75) is 52.2 Å². The van der Waals surface area contributed by atoms with Gasteiger partial charge in [-0.2, -0.15) is 0 Å². The molecule has 3 atom stereocenters. The van der Waals surface area contributed by atoms with Gasteiger partial charge in [-0.25, -0.2) is 0 Å². The molecule has 5 nitrogen and oxygen atoms in total. The van der Waals surface area contributed by atoms with Crippen molar-refractivity contribution in [2.24, 2.45) is 4.99 Å². The Morgan fingerprint density at radius 3 is 2.52 bits per heavy atom. The number of hydrogen-bond acceptors (Lipinski definition) is 6. The normalized spacial score (nSPS) is 23.1. The van der Waals surface area contributed by atoms with Gasteiger partial charge in [0.1, 0.15) is 6.04 Å². The molecule has 0 amide bonds. The van der Waals surface area contributed by atoms with E-state index in [0.717, 1.165) is 34.5 Å². The number of rotatable bonds is 7. The van der Waals surface area contributed by atoms with E-state index in [1.807, 2.05) is 43.9 Å². The van der Waals surface area contributed by atoms with Gasteiger partial charge in [-0.05, 0) is 62.6 Å². The zero-order chi connectivity index (χ0) is 20.4. The van der Waals surface area contributed by atoms with E-state index < -0.39 is 0 Å². The second kappa shape index (κ2) is 8.66. The van der Waals surface area contributed by atoms with E-state index in [9.17, 15) is 0 Å². The third-order valence-electron chi connectivity index (χ3n) is 5.58. The standard InChI is InChI=1S/C23H29N3O2S/c1-5-16-14-29-23-25-21(18-10-8-9-11-24-18)22(26(16)23)17-13-20(28-7-3)19(27-6-2)12-15(17)4/h8-13,16,21-22H,5-7,14H2,1-4H3/t16-,21+,22-/m1/s1. The van der Waals surface area contributed by atoms with Crippen molar-refractivity contribution < 1.29 is 9.47 Å². The van der Waals surface area contributed by atoms with Crippen molar-refractivity contribution in [3.8, 4) is 11.5 Å². The average Bonchev–Trinajstić information content (AvgIpc) is 3.30. The predicted octanol–water partition coefficient (Wildman–Crippen LogP) is 5.17. The summed E-state index contributed by atoms with van der Waals surface area (Å²) in [6.07, 6.45) is 2.96. The Morgan fingerprint density at radius 2 is 1.86 bits per heavy atom. The van der Waals surface area contributed by atoms with Crippen LogP contribution >= 0.6 is 11.8 Å². The lowest BCUT2D eigenvalue weighted by Crippen LogP contribution is -2.35. The zero-order valence-corrected chi connectivity index (χ0v) is 18.4. The van der Waals surface area contributed by atoms with Crippen LogP contribution in [-0.4, -0.2) is 40.1 Å². The van der Waals surface area contributed by atoms with Crippen LogP contribution in [0.4, 0.5) is 0 Å². The van der Waals surface area contributed by atoms with E-state index in [2.05, 4.69) is 41.9 Å². The first-order valence-corrected chi connectivity index (χ1v) is 11.5. The van der Waals surface area contributed by atoms with Crippen molar-refractivity contribution >= 4 is 16.9 Å². The SMILES string of the molecule is CCOc1cc(C)c([C@@H]2[C@H](c3ccccn3)N=C3SC[C@@H](CC)N32)cc1OCC. The van der Waals surface area contributed by atoms with Gasteiger partial charge in [0.25, 0.3) is 0 Å². The highest BCUT2D eigenvalue weighted by Crippen LogP contribution is 2.50. The number of benzene rings is 1. The summed E-state index contributed by atoms with van der Waals surface area (Å²) in [5.74, 6) is 2.71. The number of fused-ring (bicyclic) bond motifs is 1. The number of amidine groups is 1. The number of aliphatic imine (C=N–C) groups is 1. The van der Waals surface area contributed by atoms with E-state index in [0.29, 0.717) is 19.3 Å². The Kier molecular flexibility index (Phi) is 5.99. The van der Waals surface area contributed by atoms with Crippen LogP contribution in [0.5, 0.6) is 11.5 Å². The molecule has 0 radical (unpaired) electrons. The molecule has 29 heavy (non-hydrogen) atoms. The molecule has 6 heteroatoms.